The van der Waals surface area contributed by atoms with Crippen molar-refractivity contribution >= 4 is 23.9 Å². The van der Waals surface area contributed by atoms with E-state index < -0.39 is 35.2 Å². The van der Waals surface area contributed by atoms with Crippen LogP contribution in [0.4, 0.5) is 0 Å². The third-order valence-corrected chi connectivity index (χ3v) is 3.82. The zero-order valence-corrected chi connectivity index (χ0v) is 9.38. The molecule has 0 radical (unpaired) electrons. The summed E-state index contributed by atoms with van der Waals surface area (Å²) < 4.78 is 8.88. The maximum Gasteiger partial charge on any atom is 0.331 e. The van der Waals surface area contributed by atoms with Crippen LogP contribution < -0.4 is 0 Å². The average Bonchev–Trinajstić information content (AvgIpc) is 2.69. The number of hydrogen-bond acceptors (Lipinski definition) is 6. The van der Waals surface area contributed by atoms with Gasteiger partial charge < -0.3 is 9.47 Å². The van der Waals surface area contributed by atoms with Gasteiger partial charge in [0.25, 0.3) is 0 Å². The van der Waals surface area contributed by atoms with Crippen LogP contribution in [0.15, 0.2) is 12.2 Å². The molecule has 2 aliphatic heterocycles. The van der Waals surface area contributed by atoms with Crippen molar-refractivity contribution < 1.29 is 28.7 Å². The smallest absolute Gasteiger partial charge is 0.331 e. The van der Waals surface area contributed by atoms with E-state index in [1.54, 1.807) is 12.2 Å². The number of rotatable bonds is 1. The summed E-state index contributed by atoms with van der Waals surface area (Å²) in [5.41, 5.74) is -1.13. The lowest BCUT2D eigenvalue weighted by Crippen LogP contribution is -2.55. The molecule has 1 spiro atoms. The summed E-state index contributed by atoms with van der Waals surface area (Å²) in [6.45, 7) is 0. The third kappa shape index (κ3) is 1.35. The fourth-order valence-electron chi connectivity index (χ4n) is 2.74. The SMILES string of the molecule is O=C1CC(C2C=CCC3(C2)C(=O)OC3=O)C(=O)O1. The van der Waals surface area contributed by atoms with Gasteiger partial charge in [0.05, 0.1) is 12.3 Å². The molecule has 0 amide bonds. The Hall–Kier alpha value is -1.98. The summed E-state index contributed by atoms with van der Waals surface area (Å²) in [5, 5.41) is 0. The van der Waals surface area contributed by atoms with Gasteiger partial charge in [-0.1, -0.05) is 12.2 Å². The molecule has 18 heavy (non-hydrogen) atoms. The Bertz CT molecular complexity index is 489. The van der Waals surface area contributed by atoms with Gasteiger partial charge in [-0.05, 0) is 18.8 Å². The van der Waals surface area contributed by atoms with Crippen molar-refractivity contribution in [2.45, 2.75) is 19.3 Å². The molecule has 0 N–H and O–H groups in total. The van der Waals surface area contributed by atoms with Gasteiger partial charge in [-0.2, -0.15) is 0 Å². The minimum absolute atomic E-state index is 0.00710. The molecule has 3 aliphatic rings. The third-order valence-electron chi connectivity index (χ3n) is 3.82. The van der Waals surface area contributed by atoms with Crippen LogP contribution in [-0.4, -0.2) is 23.9 Å². The molecule has 0 aromatic carbocycles. The fraction of sp³-hybridized carbons (Fsp3) is 0.500. The summed E-state index contributed by atoms with van der Waals surface area (Å²) >= 11 is 0. The van der Waals surface area contributed by atoms with Crippen LogP contribution >= 0.6 is 0 Å². The van der Waals surface area contributed by atoms with Gasteiger partial charge in [0.1, 0.15) is 0 Å². The topological polar surface area (TPSA) is 86.7 Å². The van der Waals surface area contributed by atoms with E-state index in [1.165, 1.54) is 0 Å². The Kier molecular flexibility index (Phi) is 2.17. The second kappa shape index (κ2) is 3.51. The summed E-state index contributed by atoms with van der Waals surface area (Å²) in [4.78, 5) is 45.5. The van der Waals surface area contributed by atoms with E-state index in [1.807, 2.05) is 0 Å². The Labute approximate surface area is 102 Å². The Morgan fingerprint density at radius 1 is 1.11 bits per heavy atom. The molecule has 6 heteroatoms. The van der Waals surface area contributed by atoms with Gasteiger partial charge in [0.15, 0.2) is 5.41 Å². The number of allylic oxidation sites excluding steroid dienone is 2. The van der Waals surface area contributed by atoms with E-state index >= 15 is 0 Å². The second-order valence-electron chi connectivity index (χ2n) is 4.86. The summed E-state index contributed by atoms with van der Waals surface area (Å²) in [5.74, 6) is -3.13. The molecule has 3 rings (SSSR count). The molecule has 1 aliphatic carbocycles. The van der Waals surface area contributed by atoms with Gasteiger partial charge in [-0.3, -0.25) is 19.2 Å². The molecule has 0 bridgehead atoms. The first-order valence-corrected chi connectivity index (χ1v) is 5.71. The number of cyclic esters (lactones) is 4. The van der Waals surface area contributed by atoms with E-state index in [9.17, 15) is 19.2 Å². The maximum atomic E-state index is 11.5. The number of esters is 4. The maximum absolute atomic E-state index is 11.5. The first-order valence-electron chi connectivity index (χ1n) is 5.71. The molecule has 0 aromatic heterocycles. The number of carbonyl (C=O) groups is 4. The lowest BCUT2D eigenvalue weighted by molar-refractivity contribution is -0.199. The van der Waals surface area contributed by atoms with Gasteiger partial charge in [-0.15, -0.1) is 0 Å². The van der Waals surface area contributed by atoms with E-state index in [0.29, 0.717) is 6.42 Å². The van der Waals surface area contributed by atoms with Crippen molar-refractivity contribution in [1.82, 2.24) is 0 Å². The van der Waals surface area contributed by atoms with Crippen molar-refractivity contribution in [1.29, 1.82) is 0 Å². The van der Waals surface area contributed by atoms with Crippen molar-refractivity contribution in [2.75, 3.05) is 0 Å². The minimum atomic E-state index is -1.13. The lowest BCUT2D eigenvalue weighted by atomic mass is 9.67. The van der Waals surface area contributed by atoms with Crippen molar-refractivity contribution in [3.8, 4) is 0 Å². The number of hydrogen-bond donors (Lipinski definition) is 0. The molecular formula is C12H10O6. The molecule has 2 fully saturated rings. The fourth-order valence-corrected chi connectivity index (χ4v) is 2.74. The van der Waals surface area contributed by atoms with Crippen LogP contribution in [0.3, 0.4) is 0 Å². The largest absolute Gasteiger partial charge is 0.393 e. The first kappa shape index (κ1) is 11.1. The van der Waals surface area contributed by atoms with E-state index in [-0.39, 0.29) is 18.8 Å². The molecule has 2 unspecified atom stereocenters. The lowest BCUT2D eigenvalue weighted by Gasteiger charge is -2.40. The Balaban J connectivity index is 1.83. The van der Waals surface area contributed by atoms with E-state index in [2.05, 4.69) is 9.47 Å². The van der Waals surface area contributed by atoms with Gasteiger partial charge in [0.2, 0.25) is 0 Å². The van der Waals surface area contributed by atoms with E-state index in [0.717, 1.165) is 0 Å². The van der Waals surface area contributed by atoms with Crippen LogP contribution in [0.1, 0.15) is 19.3 Å². The van der Waals surface area contributed by atoms with Gasteiger partial charge in [0, 0.05) is 0 Å². The van der Waals surface area contributed by atoms with Crippen molar-refractivity contribution in [3.63, 3.8) is 0 Å². The number of carbonyl (C=O) groups excluding carboxylic acids is 4. The summed E-state index contributed by atoms with van der Waals surface area (Å²) in [6.07, 6.45) is 4.00. The number of ether oxygens (including phenoxy) is 2. The molecule has 2 atom stereocenters. The van der Waals surface area contributed by atoms with Crippen LogP contribution in [0.2, 0.25) is 0 Å². The quantitative estimate of drug-likeness (QED) is 0.373. The van der Waals surface area contributed by atoms with Crippen molar-refractivity contribution in [3.05, 3.63) is 12.2 Å². The van der Waals surface area contributed by atoms with Crippen LogP contribution in [0, 0.1) is 17.3 Å². The highest BCUT2D eigenvalue weighted by Gasteiger charge is 2.60. The molecule has 2 saturated heterocycles. The Morgan fingerprint density at radius 2 is 1.83 bits per heavy atom. The van der Waals surface area contributed by atoms with Crippen LogP contribution in [-0.2, 0) is 28.7 Å². The second-order valence-corrected chi connectivity index (χ2v) is 4.86. The predicted molar refractivity (Wildman–Crippen MR) is 54.6 cm³/mol. The Morgan fingerprint density at radius 3 is 2.39 bits per heavy atom. The zero-order chi connectivity index (χ0) is 12.9. The molecule has 2 heterocycles. The molecule has 6 nitrogen and oxygen atoms in total. The molecule has 94 valence electrons. The highest BCUT2D eigenvalue weighted by molar-refractivity contribution is 6.14. The zero-order valence-electron chi connectivity index (χ0n) is 9.38. The van der Waals surface area contributed by atoms with Crippen LogP contribution in [0.25, 0.3) is 0 Å². The first-order chi connectivity index (χ1) is 8.53. The van der Waals surface area contributed by atoms with Gasteiger partial charge in [-0.25, -0.2) is 0 Å². The van der Waals surface area contributed by atoms with Gasteiger partial charge >= 0.3 is 23.9 Å². The van der Waals surface area contributed by atoms with E-state index in [4.69, 9.17) is 0 Å². The highest BCUT2D eigenvalue weighted by atomic mass is 16.6. The minimum Gasteiger partial charge on any atom is -0.393 e. The normalized spacial score (nSPS) is 33.3. The molecule has 0 saturated carbocycles. The van der Waals surface area contributed by atoms with Crippen molar-refractivity contribution in [2.24, 2.45) is 17.3 Å². The predicted octanol–water partition coefficient (Wildman–Crippen LogP) is 0.112. The highest BCUT2D eigenvalue weighted by Crippen LogP contribution is 2.47. The average molecular weight is 250 g/mol. The summed E-state index contributed by atoms with van der Waals surface area (Å²) in [7, 11) is 0. The monoisotopic (exact) mass is 250 g/mol. The van der Waals surface area contributed by atoms with Crippen LogP contribution in [0.5, 0.6) is 0 Å². The standard InChI is InChI=1S/C12H10O6/c13-8-4-7(9(14)17-8)6-2-1-3-12(5-6)10(15)18-11(12)16/h1-2,6-7H,3-5H2. The summed E-state index contributed by atoms with van der Waals surface area (Å²) in [6, 6.07) is 0. The molecule has 0 aromatic rings. The molecular weight excluding hydrogens is 240 g/mol.